The number of amides is 4. The number of piperidine rings is 1. The molecule has 5 rings (SSSR count). The molecule has 3 unspecified atom stereocenters. The number of rotatable bonds is 15. The average molecular weight is 689 g/mol. The summed E-state index contributed by atoms with van der Waals surface area (Å²) in [4.78, 5) is 80.9. The standard InChI is InChI=1S/C37H48N6O7/c1-4-5-8-18-38-35(47)29(44)17-16-27(39-36(48)32-23(2)26-13-6-7-15-30(26)50-32)34(46)40-28-14-10-19-43(37(28)49)22-31(45)41-33-25-12-9-11-24(20-25)21-42(33)3/h6-7,10,13-15,19,24-25,27,33H,4-5,8-9,11-12,16-18,20-22H2,1-3H3,(H,38,47)(H,39,48)(H,40,46)(H,41,45)/t24?,25?,27-,33?/m0/s1. The fourth-order valence-corrected chi connectivity index (χ4v) is 7.18. The molecule has 3 aromatic rings. The summed E-state index contributed by atoms with van der Waals surface area (Å²) < 4.78 is 6.99. The van der Waals surface area contributed by atoms with Gasteiger partial charge in [-0.25, -0.2) is 0 Å². The molecule has 1 aromatic carbocycles. The Labute approximate surface area is 291 Å². The van der Waals surface area contributed by atoms with Crippen molar-refractivity contribution in [3.63, 3.8) is 0 Å². The van der Waals surface area contributed by atoms with Gasteiger partial charge in [0.15, 0.2) is 5.76 Å². The topological polar surface area (TPSA) is 172 Å². The van der Waals surface area contributed by atoms with E-state index < -0.39 is 35.1 Å². The van der Waals surface area contributed by atoms with Crippen LogP contribution >= 0.6 is 0 Å². The molecule has 0 radical (unpaired) electrons. The summed E-state index contributed by atoms with van der Waals surface area (Å²) in [6.07, 6.45) is 7.95. The minimum absolute atomic E-state index is 0.00410. The molecule has 0 spiro atoms. The van der Waals surface area contributed by atoms with Crippen molar-refractivity contribution in [3.05, 3.63) is 64.3 Å². The zero-order valence-corrected chi connectivity index (χ0v) is 29.1. The number of nitrogens with zero attached hydrogens (tertiary/aromatic N) is 2. The number of Topliss-reactive ketones (excluding diaryl/α,β-unsaturated/α-hetero) is 1. The van der Waals surface area contributed by atoms with Crippen LogP contribution < -0.4 is 26.8 Å². The first-order valence-corrected chi connectivity index (χ1v) is 17.7. The number of likely N-dealkylation sites (tertiary alicyclic amines) is 1. The number of anilines is 1. The predicted molar refractivity (Wildman–Crippen MR) is 188 cm³/mol. The first-order valence-electron chi connectivity index (χ1n) is 17.7. The number of nitrogens with one attached hydrogen (secondary N) is 4. The number of para-hydroxylation sites is 1. The zero-order valence-electron chi connectivity index (χ0n) is 29.1. The summed E-state index contributed by atoms with van der Waals surface area (Å²) in [5.74, 6) is -2.22. The first kappa shape index (κ1) is 36.5. The second-order valence-corrected chi connectivity index (χ2v) is 13.6. The highest BCUT2D eigenvalue weighted by atomic mass is 16.3. The number of ketones is 1. The van der Waals surface area contributed by atoms with Crippen LogP contribution in [0.25, 0.3) is 11.0 Å². The molecule has 1 aliphatic carbocycles. The number of benzene rings is 1. The monoisotopic (exact) mass is 688 g/mol. The minimum Gasteiger partial charge on any atom is -0.451 e. The van der Waals surface area contributed by atoms with Crippen molar-refractivity contribution >= 4 is 46.1 Å². The van der Waals surface area contributed by atoms with E-state index in [0.29, 0.717) is 29.5 Å². The van der Waals surface area contributed by atoms with Gasteiger partial charge < -0.3 is 30.3 Å². The van der Waals surface area contributed by atoms with Crippen molar-refractivity contribution in [2.75, 3.05) is 25.5 Å². The quantitative estimate of drug-likeness (QED) is 0.139. The Morgan fingerprint density at radius 3 is 2.62 bits per heavy atom. The van der Waals surface area contributed by atoms with Crippen LogP contribution in [0.2, 0.25) is 0 Å². The van der Waals surface area contributed by atoms with Crippen molar-refractivity contribution in [1.29, 1.82) is 0 Å². The molecule has 4 amide bonds. The number of fused-ring (bicyclic) bond motifs is 3. The van der Waals surface area contributed by atoms with Crippen molar-refractivity contribution < 1.29 is 28.4 Å². The molecule has 2 fully saturated rings. The van der Waals surface area contributed by atoms with Crippen LogP contribution in [0.1, 0.15) is 80.8 Å². The number of carbonyl (C=O) groups is 5. The van der Waals surface area contributed by atoms with Crippen LogP contribution in [0.5, 0.6) is 0 Å². The molecule has 1 saturated heterocycles. The Bertz CT molecular complexity index is 1780. The lowest BCUT2D eigenvalue weighted by Gasteiger charge is -2.46. The first-order chi connectivity index (χ1) is 24.0. The summed E-state index contributed by atoms with van der Waals surface area (Å²) in [6.45, 7) is 4.80. The van der Waals surface area contributed by atoms with Crippen LogP contribution in [-0.4, -0.2) is 71.2 Å². The Balaban J connectivity index is 1.27. The lowest BCUT2D eigenvalue weighted by molar-refractivity contribution is -0.138. The fraction of sp³-hybridized carbons (Fsp3) is 0.514. The van der Waals surface area contributed by atoms with Gasteiger partial charge in [-0.2, -0.15) is 0 Å². The summed E-state index contributed by atoms with van der Waals surface area (Å²) in [7, 11) is 2.01. The van der Waals surface area contributed by atoms with E-state index in [4.69, 9.17) is 4.42 Å². The number of aryl methyl sites for hydroxylation is 1. The van der Waals surface area contributed by atoms with Crippen molar-refractivity contribution in [2.24, 2.45) is 11.8 Å². The number of hydrogen-bond donors (Lipinski definition) is 4. The van der Waals surface area contributed by atoms with E-state index in [-0.39, 0.29) is 42.9 Å². The second-order valence-electron chi connectivity index (χ2n) is 13.6. The van der Waals surface area contributed by atoms with Gasteiger partial charge in [0, 0.05) is 36.7 Å². The fourth-order valence-electron chi connectivity index (χ4n) is 7.18. The predicted octanol–water partition coefficient (Wildman–Crippen LogP) is 3.49. The number of pyridine rings is 1. The Morgan fingerprint density at radius 1 is 1.04 bits per heavy atom. The van der Waals surface area contributed by atoms with Gasteiger partial charge in [-0.3, -0.25) is 33.7 Å². The molecule has 1 saturated carbocycles. The molecule has 13 nitrogen and oxygen atoms in total. The summed E-state index contributed by atoms with van der Waals surface area (Å²) in [6, 6.07) is 8.77. The molecule has 2 aromatic heterocycles. The molecule has 268 valence electrons. The van der Waals surface area contributed by atoms with Gasteiger partial charge in [-0.05, 0) is 76.1 Å². The van der Waals surface area contributed by atoms with Crippen molar-refractivity contribution in [2.45, 2.75) is 90.4 Å². The molecule has 50 heavy (non-hydrogen) atoms. The highest BCUT2D eigenvalue weighted by molar-refractivity contribution is 6.36. The highest BCUT2D eigenvalue weighted by Crippen LogP contribution is 2.36. The molecule has 2 bridgehead atoms. The minimum atomic E-state index is -1.30. The lowest BCUT2D eigenvalue weighted by atomic mass is 9.76. The normalized spacial score (nSPS) is 19.4. The van der Waals surface area contributed by atoms with Crippen molar-refractivity contribution in [3.8, 4) is 0 Å². The van der Waals surface area contributed by atoms with E-state index in [9.17, 15) is 28.8 Å². The maximum Gasteiger partial charge on any atom is 0.287 e. The third-order valence-electron chi connectivity index (χ3n) is 9.84. The smallest absolute Gasteiger partial charge is 0.287 e. The van der Waals surface area contributed by atoms with E-state index in [0.717, 1.165) is 50.5 Å². The van der Waals surface area contributed by atoms with E-state index in [2.05, 4.69) is 26.2 Å². The molecule has 4 atom stereocenters. The Morgan fingerprint density at radius 2 is 1.84 bits per heavy atom. The maximum absolute atomic E-state index is 13.6. The zero-order chi connectivity index (χ0) is 35.8. The second kappa shape index (κ2) is 16.8. The average Bonchev–Trinajstić information content (AvgIpc) is 3.44. The van der Waals surface area contributed by atoms with Gasteiger partial charge in [0.1, 0.15) is 23.9 Å². The third kappa shape index (κ3) is 8.87. The van der Waals surface area contributed by atoms with Crippen LogP contribution in [0.15, 0.2) is 51.8 Å². The van der Waals surface area contributed by atoms with Gasteiger partial charge in [-0.15, -0.1) is 0 Å². The summed E-state index contributed by atoms with van der Waals surface area (Å²) in [5.41, 5.74) is 0.366. The number of aromatic nitrogens is 1. The van der Waals surface area contributed by atoms with Crippen LogP contribution in [0, 0.1) is 18.8 Å². The third-order valence-corrected chi connectivity index (χ3v) is 9.84. The molecule has 4 N–H and O–H groups in total. The van der Waals surface area contributed by atoms with Gasteiger partial charge in [0.2, 0.25) is 17.6 Å². The Hall–Kier alpha value is -4.78. The van der Waals surface area contributed by atoms with E-state index in [1.165, 1.54) is 23.3 Å². The van der Waals surface area contributed by atoms with Crippen LogP contribution in [0.4, 0.5) is 5.69 Å². The van der Waals surface area contributed by atoms with E-state index in [1.54, 1.807) is 25.1 Å². The number of unbranched alkanes of at least 4 members (excludes halogenated alkanes) is 2. The van der Waals surface area contributed by atoms with Gasteiger partial charge in [0.05, 0.1) is 6.17 Å². The van der Waals surface area contributed by atoms with Crippen molar-refractivity contribution in [1.82, 2.24) is 25.4 Å². The lowest BCUT2D eigenvalue weighted by Crippen LogP contribution is -2.57. The number of hydrogen-bond acceptors (Lipinski definition) is 8. The molecule has 1 aliphatic heterocycles. The highest BCUT2D eigenvalue weighted by Gasteiger charge is 2.37. The van der Waals surface area contributed by atoms with E-state index >= 15 is 0 Å². The molecule has 3 heterocycles. The Kier molecular flexibility index (Phi) is 12.2. The molecular formula is C37H48N6O7. The summed E-state index contributed by atoms with van der Waals surface area (Å²) >= 11 is 0. The number of furan rings is 1. The molecule has 13 heteroatoms. The maximum atomic E-state index is 13.6. The number of carbonyl (C=O) groups excluding carboxylic acids is 5. The molecular weight excluding hydrogens is 640 g/mol. The SMILES string of the molecule is CCCCCNC(=O)C(=O)CC[C@H](NC(=O)c1oc2ccccc2c1C)C(=O)Nc1cccn(CC(=O)NC2C3CCCC(C3)CN2C)c1=O. The largest absolute Gasteiger partial charge is 0.451 e. The van der Waals surface area contributed by atoms with Gasteiger partial charge in [0.25, 0.3) is 17.4 Å². The summed E-state index contributed by atoms with van der Waals surface area (Å²) in [5, 5.41) is 11.6. The van der Waals surface area contributed by atoms with Crippen LogP contribution in [0.3, 0.4) is 0 Å². The molecule has 2 aliphatic rings. The van der Waals surface area contributed by atoms with Gasteiger partial charge >= 0.3 is 0 Å². The van der Waals surface area contributed by atoms with Gasteiger partial charge in [-0.1, -0.05) is 44.4 Å². The van der Waals surface area contributed by atoms with E-state index in [1.807, 2.05) is 26.1 Å². The van der Waals surface area contributed by atoms with Crippen LogP contribution in [-0.2, 0) is 25.7 Å².